The summed E-state index contributed by atoms with van der Waals surface area (Å²) in [5.41, 5.74) is 2.23. The predicted octanol–water partition coefficient (Wildman–Crippen LogP) is 3.47. The van der Waals surface area contributed by atoms with Gasteiger partial charge in [0.2, 0.25) is 5.95 Å². The van der Waals surface area contributed by atoms with E-state index in [1.807, 2.05) is 24.3 Å². The number of aromatic nitrogens is 3. The first-order chi connectivity index (χ1) is 13.7. The number of ether oxygens (including phenoxy) is 1. The summed E-state index contributed by atoms with van der Waals surface area (Å²) < 4.78 is 31.9. The minimum Gasteiger partial charge on any atom is -0.378 e. The molecule has 2 aromatic carbocycles. The van der Waals surface area contributed by atoms with Gasteiger partial charge in [-0.25, -0.2) is 8.78 Å². The third-order valence-electron chi connectivity index (χ3n) is 4.25. The molecule has 0 unspecified atom stereocenters. The maximum Gasteiger partial charge on any atom is 0.249 e. The summed E-state index contributed by atoms with van der Waals surface area (Å²) >= 11 is 0. The van der Waals surface area contributed by atoms with Crippen LogP contribution in [-0.4, -0.2) is 41.5 Å². The minimum atomic E-state index is -0.940. The highest BCUT2D eigenvalue weighted by Crippen LogP contribution is 2.28. The normalized spacial score (nSPS) is 14.0. The average Bonchev–Trinajstić information content (AvgIpc) is 2.72. The Balaban J connectivity index is 1.53. The second-order valence-corrected chi connectivity index (χ2v) is 6.16. The van der Waals surface area contributed by atoms with Gasteiger partial charge in [-0.1, -0.05) is 12.1 Å². The highest BCUT2D eigenvalue weighted by molar-refractivity contribution is 5.73. The lowest BCUT2D eigenvalue weighted by molar-refractivity contribution is 0.123. The molecule has 1 saturated heterocycles. The number of benzene rings is 2. The summed E-state index contributed by atoms with van der Waals surface area (Å²) in [6, 6.07) is 11.4. The van der Waals surface area contributed by atoms with Crippen molar-refractivity contribution in [1.82, 2.24) is 15.2 Å². The molecule has 0 atom stereocenters. The Labute approximate surface area is 160 Å². The molecule has 9 heteroatoms. The van der Waals surface area contributed by atoms with Gasteiger partial charge < -0.3 is 20.3 Å². The zero-order chi connectivity index (χ0) is 19.3. The summed E-state index contributed by atoms with van der Waals surface area (Å²) in [7, 11) is 0. The quantitative estimate of drug-likeness (QED) is 0.698. The maximum absolute atomic E-state index is 13.4. The number of halogens is 2. The van der Waals surface area contributed by atoms with E-state index in [1.165, 1.54) is 12.3 Å². The summed E-state index contributed by atoms with van der Waals surface area (Å²) in [6.45, 7) is 2.96. The molecule has 1 fully saturated rings. The molecule has 3 aromatic rings. The molecule has 28 heavy (non-hydrogen) atoms. The maximum atomic E-state index is 13.4. The molecule has 0 bridgehead atoms. The fourth-order valence-electron chi connectivity index (χ4n) is 2.92. The summed E-state index contributed by atoms with van der Waals surface area (Å²) in [5.74, 6) is -1.21. The first-order valence-corrected chi connectivity index (χ1v) is 8.79. The van der Waals surface area contributed by atoms with E-state index in [-0.39, 0.29) is 5.95 Å². The number of hydrogen-bond acceptors (Lipinski definition) is 7. The van der Waals surface area contributed by atoms with Crippen molar-refractivity contribution in [1.29, 1.82) is 0 Å². The van der Waals surface area contributed by atoms with Gasteiger partial charge in [0.15, 0.2) is 17.5 Å². The van der Waals surface area contributed by atoms with E-state index < -0.39 is 11.6 Å². The second kappa shape index (κ2) is 8.13. The zero-order valence-corrected chi connectivity index (χ0v) is 14.9. The molecule has 4 rings (SSSR count). The molecule has 144 valence electrons. The standard InChI is InChI=1S/C19H18F2N6O/c20-14-6-5-13(11-15(14)21)23-18-12-22-26-19(25-18)24-16-3-1-2-4-17(16)27-7-9-28-10-8-27/h1-6,11-12H,7-10H2,(H2,23,24,25,26). The van der Waals surface area contributed by atoms with Crippen molar-refractivity contribution in [2.75, 3.05) is 41.8 Å². The molecule has 1 aliphatic heterocycles. The van der Waals surface area contributed by atoms with Crippen molar-refractivity contribution in [3.05, 3.63) is 60.3 Å². The zero-order valence-electron chi connectivity index (χ0n) is 14.9. The average molecular weight is 384 g/mol. The van der Waals surface area contributed by atoms with Crippen LogP contribution in [0, 0.1) is 11.6 Å². The van der Waals surface area contributed by atoms with Gasteiger partial charge in [0.25, 0.3) is 0 Å². The van der Waals surface area contributed by atoms with Crippen molar-refractivity contribution < 1.29 is 13.5 Å². The lowest BCUT2D eigenvalue weighted by atomic mass is 10.2. The fraction of sp³-hybridized carbons (Fsp3) is 0.211. The lowest BCUT2D eigenvalue weighted by Gasteiger charge is -2.30. The van der Waals surface area contributed by atoms with Gasteiger partial charge in [0.1, 0.15) is 0 Å². The molecule has 0 spiro atoms. The molecule has 0 aliphatic carbocycles. The van der Waals surface area contributed by atoms with Gasteiger partial charge in [0.05, 0.1) is 30.8 Å². The van der Waals surface area contributed by atoms with Crippen LogP contribution in [0.3, 0.4) is 0 Å². The predicted molar refractivity (Wildman–Crippen MR) is 102 cm³/mol. The van der Waals surface area contributed by atoms with Crippen LogP contribution in [0.4, 0.5) is 37.6 Å². The number of morpholine rings is 1. The Hall–Kier alpha value is -3.33. The fourth-order valence-corrected chi connectivity index (χ4v) is 2.92. The Bertz CT molecular complexity index is 965. The Morgan fingerprint density at radius 1 is 0.964 bits per heavy atom. The van der Waals surface area contributed by atoms with Crippen molar-refractivity contribution in [2.24, 2.45) is 0 Å². The van der Waals surface area contributed by atoms with Crippen molar-refractivity contribution in [2.45, 2.75) is 0 Å². The van der Waals surface area contributed by atoms with Crippen molar-refractivity contribution in [3.8, 4) is 0 Å². The molecule has 0 saturated carbocycles. The topological polar surface area (TPSA) is 75.2 Å². The Morgan fingerprint density at radius 2 is 1.79 bits per heavy atom. The lowest BCUT2D eigenvalue weighted by Crippen LogP contribution is -2.36. The third-order valence-corrected chi connectivity index (χ3v) is 4.25. The van der Waals surface area contributed by atoms with Crippen molar-refractivity contribution in [3.63, 3.8) is 0 Å². The van der Waals surface area contributed by atoms with Gasteiger partial charge in [-0.15, -0.1) is 5.10 Å². The summed E-state index contributed by atoms with van der Waals surface area (Å²) in [4.78, 5) is 6.57. The summed E-state index contributed by atoms with van der Waals surface area (Å²) in [5, 5.41) is 14.0. The number of anilines is 5. The number of para-hydroxylation sites is 2. The van der Waals surface area contributed by atoms with E-state index in [4.69, 9.17) is 4.74 Å². The molecule has 0 amide bonds. The van der Waals surface area contributed by atoms with E-state index in [1.54, 1.807) is 0 Å². The molecule has 0 radical (unpaired) electrons. The van der Waals surface area contributed by atoms with E-state index >= 15 is 0 Å². The highest BCUT2D eigenvalue weighted by atomic mass is 19.2. The molecule has 1 aliphatic rings. The summed E-state index contributed by atoms with van der Waals surface area (Å²) in [6.07, 6.45) is 1.40. The second-order valence-electron chi connectivity index (χ2n) is 6.16. The van der Waals surface area contributed by atoms with E-state index in [9.17, 15) is 8.78 Å². The van der Waals surface area contributed by atoms with E-state index in [0.717, 1.165) is 36.6 Å². The molecular weight excluding hydrogens is 366 g/mol. The monoisotopic (exact) mass is 384 g/mol. The highest BCUT2D eigenvalue weighted by Gasteiger charge is 2.15. The largest absolute Gasteiger partial charge is 0.378 e. The van der Waals surface area contributed by atoms with Crippen LogP contribution in [0.25, 0.3) is 0 Å². The van der Waals surface area contributed by atoms with Crippen LogP contribution in [0.1, 0.15) is 0 Å². The van der Waals surface area contributed by atoms with Crippen LogP contribution in [0.15, 0.2) is 48.7 Å². The van der Waals surface area contributed by atoms with Gasteiger partial charge in [-0.3, -0.25) is 0 Å². The smallest absolute Gasteiger partial charge is 0.249 e. The van der Waals surface area contributed by atoms with Gasteiger partial charge in [-0.2, -0.15) is 10.1 Å². The minimum absolute atomic E-state index is 0.285. The van der Waals surface area contributed by atoms with Crippen LogP contribution in [0.2, 0.25) is 0 Å². The third kappa shape index (κ3) is 4.15. The Morgan fingerprint density at radius 3 is 2.61 bits per heavy atom. The van der Waals surface area contributed by atoms with Crippen LogP contribution in [-0.2, 0) is 4.74 Å². The van der Waals surface area contributed by atoms with Crippen molar-refractivity contribution >= 4 is 28.8 Å². The van der Waals surface area contributed by atoms with Crippen LogP contribution in [0.5, 0.6) is 0 Å². The van der Waals surface area contributed by atoms with Gasteiger partial charge in [-0.05, 0) is 24.3 Å². The van der Waals surface area contributed by atoms with E-state index in [2.05, 4.69) is 30.7 Å². The van der Waals surface area contributed by atoms with Gasteiger partial charge >= 0.3 is 0 Å². The number of nitrogens with one attached hydrogen (secondary N) is 2. The van der Waals surface area contributed by atoms with Gasteiger partial charge in [0, 0.05) is 24.8 Å². The molecule has 2 heterocycles. The number of hydrogen-bond donors (Lipinski definition) is 2. The first-order valence-electron chi connectivity index (χ1n) is 8.79. The number of nitrogens with zero attached hydrogens (tertiary/aromatic N) is 4. The Kier molecular flexibility index (Phi) is 5.24. The SMILES string of the molecule is Fc1ccc(Nc2cnnc(Nc3ccccc3N3CCOCC3)n2)cc1F. The first kappa shape index (κ1) is 18.1. The van der Waals surface area contributed by atoms with E-state index in [0.29, 0.717) is 24.7 Å². The number of rotatable bonds is 5. The van der Waals surface area contributed by atoms with Crippen LogP contribution < -0.4 is 15.5 Å². The molecular formula is C19H18F2N6O. The molecule has 1 aromatic heterocycles. The molecule has 7 nitrogen and oxygen atoms in total. The van der Waals surface area contributed by atoms with Crippen LogP contribution >= 0.6 is 0 Å². The molecule has 2 N–H and O–H groups in total.